The van der Waals surface area contributed by atoms with Crippen LogP contribution in [-0.4, -0.2) is 56.5 Å². The summed E-state index contributed by atoms with van der Waals surface area (Å²) in [4.78, 5) is 14.7. The van der Waals surface area contributed by atoms with E-state index in [1.807, 2.05) is 54.4 Å². The summed E-state index contributed by atoms with van der Waals surface area (Å²) in [5, 5.41) is 30.6. The quantitative estimate of drug-likeness (QED) is 0.568. The first-order valence-corrected chi connectivity index (χ1v) is 9.07. The minimum absolute atomic E-state index is 0.0399. The summed E-state index contributed by atoms with van der Waals surface area (Å²) in [6.07, 6.45) is 13.5. The Labute approximate surface area is 147 Å². The number of allylic oxidation sites excluding steroid dienone is 4. The number of aliphatic hydroxyl groups excluding tert-OH is 3. The lowest BCUT2D eigenvalue weighted by molar-refractivity contribution is -0.131. The topological polar surface area (TPSA) is 81.0 Å². The largest absolute Gasteiger partial charge is 0.391 e. The van der Waals surface area contributed by atoms with E-state index < -0.39 is 18.3 Å². The van der Waals surface area contributed by atoms with Crippen molar-refractivity contribution in [2.24, 2.45) is 23.7 Å². The van der Waals surface area contributed by atoms with Crippen LogP contribution in [0.5, 0.6) is 0 Å². The molecular formula is C20H25NO4. The maximum Gasteiger partial charge on any atom is 0.230 e. The molecule has 0 aromatic heterocycles. The number of carbonyl (C=O) groups is 1. The van der Waals surface area contributed by atoms with Crippen LogP contribution in [0.4, 0.5) is 0 Å². The van der Waals surface area contributed by atoms with Crippen molar-refractivity contribution in [3.63, 3.8) is 0 Å². The third-order valence-electron chi connectivity index (χ3n) is 6.16. The van der Waals surface area contributed by atoms with Crippen LogP contribution >= 0.6 is 0 Å². The van der Waals surface area contributed by atoms with E-state index in [1.54, 1.807) is 6.08 Å². The van der Waals surface area contributed by atoms with Gasteiger partial charge in [0.05, 0.1) is 30.3 Å². The molecule has 5 heteroatoms. The zero-order valence-corrected chi connectivity index (χ0v) is 14.2. The SMILES string of the molecule is C[C@@H]1C[C@H](O)[C@H]2[C@@H]3/C=C/[C@@H]4C=C[C@@H](O)[C@@H](O)[C@@H]4/C=C/C=C\[C@@H]3C(=O)N21. The predicted octanol–water partition coefficient (Wildman–Crippen LogP) is 0.789. The van der Waals surface area contributed by atoms with Crippen LogP contribution in [-0.2, 0) is 4.79 Å². The van der Waals surface area contributed by atoms with Crippen molar-refractivity contribution in [2.75, 3.05) is 0 Å². The first kappa shape index (κ1) is 16.8. The average molecular weight is 343 g/mol. The van der Waals surface area contributed by atoms with Crippen LogP contribution in [0, 0.1) is 23.7 Å². The zero-order valence-electron chi connectivity index (χ0n) is 14.2. The average Bonchev–Trinajstić information content (AvgIpc) is 3.03. The van der Waals surface area contributed by atoms with Gasteiger partial charge in [-0.25, -0.2) is 0 Å². The van der Waals surface area contributed by atoms with Crippen LogP contribution in [0.15, 0.2) is 48.6 Å². The Bertz CT molecular complexity index is 667. The molecule has 2 aliphatic heterocycles. The van der Waals surface area contributed by atoms with E-state index in [1.165, 1.54) is 0 Å². The summed E-state index contributed by atoms with van der Waals surface area (Å²) in [5.41, 5.74) is 0. The molecule has 4 aliphatic rings. The summed E-state index contributed by atoms with van der Waals surface area (Å²) >= 11 is 0. The molecular weight excluding hydrogens is 318 g/mol. The van der Waals surface area contributed by atoms with Crippen LogP contribution in [0.25, 0.3) is 0 Å². The van der Waals surface area contributed by atoms with Gasteiger partial charge < -0.3 is 20.2 Å². The second kappa shape index (κ2) is 6.24. The predicted molar refractivity (Wildman–Crippen MR) is 93.3 cm³/mol. The van der Waals surface area contributed by atoms with Crippen molar-refractivity contribution in [2.45, 2.75) is 43.7 Å². The van der Waals surface area contributed by atoms with Crippen molar-refractivity contribution in [3.05, 3.63) is 48.6 Å². The van der Waals surface area contributed by atoms with E-state index in [4.69, 9.17) is 0 Å². The fraction of sp³-hybridized carbons (Fsp3) is 0.550. The molecule has 0 bridgehead atoms. The number of hydrogen-bond donors (Lipinski definition) is 3. The molecule has 1 amide bonds. The fourth-order valence-electron chi connectivity index (χ4n) is 4.89. The summed E-state index contributed by atoms with van der Waals surface area (Å²) in [7, 11) is 0. The molecule has 0 radical (unpaired) electrons. The van der Waals surface area contributed by atoms with E-state index in [2.05, 4.69) is 0 Å². The smallest absolute Gasteiger partial charge is 0.230 e. The molecule has 134 valence electrons. The Morgan fingerprint density at radius 2 is 1.68 bits per heavy atom. The maximum absolute atomic E-state index is 12.8. The number of nitrogens with zero attached hydrogens (tertiary/aromatic N) is 1. The number of aliphatic hydroxyl groups is 3. The molecule has 0 spiro atoms. The Morgan fingerprint density at radius 1 is 0.960 bits per heavy atom. The van der Waals surface area contributed by atoms with Gasteiger partial charge in [0, 0.05) is 23.8 Å². The molecule has 0 aromatic carbocycles. The van der Waals surface area contributed by atoms with Gasteiger partial charge in [0.1, 0.15) is 0 Å². The van der Waals surface area contributed by atoms with Crippen LogP contribution in [0.1, 0.15) is 13.3 Å². The third kappa shape index (κ3) is 2.62. The summed E-state index contributed by atoms with van der Waals surface area (Å²) in [6, 6.07) is -0.125. The van der Waals surface area contributed by atoms with Gasteiger partial charge >= 0.3 is 0 Å². The molecule has 2 aliphatic carbocycles. The monoisotopic (exact) mass is 343 g/mol. The van der Waals surface area contributed by atoms with Gasteiger partial charge in [-0.15, -0.1) is 0 Å². The Balaban J connectivity index is 1.71. The van der Waals surface area contributed by atoms with E-state index >= 15 is 0 Å². The van der Waals surface area contributed by atoms with E-state index in [9.17, 15) is 20.1 Å². The van der Waals surface area contributed by atoms with Crippen LogP contribution in [0.3, 0.4) is 0 Å². The normalized spacial score (nSPS) is 52.2. The number of amides is 1. The van der Waals surface area contributed by atoms with Gasteiger partial charge in [0.25, 0.3) is 0 Å². The lowest BCUT2D eigenvalue weighted by Crippen LogP contribution is -2.38. The van der Waals surface area contributed by atoms with Gasteiger partial charge in [-0.05, 0) is 13.3 Å². The standard InChI is InChI=1S/C20H25NO4/c1-11-10-17(23)18-14-8-6-12-7-9-16(22)19(24)13(12)4-2-3-5-15(14)20(25)21(11)18/h2-9,11-19,22-24H,10H2,1H3/b4-2+,5-3-,8-6+/t11-,12-,13-,14-,15+,16-,17+,18-,19+/m1/s1. The van der Waals surface area contributed by atoms with Gasteiger partial charge in [0.2, 0.25) is 5.91 Å². The minimum Gasteiger partial charge on any atom is -0.391 e. The Morgan fingerprint density at radius 3 is 2.48 bits per heavy atom. The maximum atomic E-state index is 12.8. The molecule has 3 N–H and O–H groups in total. The lowest BCUT2D eigenvalue weighted by atomic mass is 9.78. The number of fused-ring (bicyclic) bond motifs is 4. The lowest BCUT2D eigenvalue weighted by Gasteiger charge is -2.32. The highest BCUT2D eigenvalue weighted by molar-refractivity contribution is 5.85. The molecule has 2 saturated heterocycles. The Kier molecular flexibility index (Phi) is 4.18. The number of rotatable bonds is 0. The van der Waals surface area contributed by atoms with Gasteiger partial charge in [0.15, 0.2) is 0 Å². The van der Waals surface area contributed by atoms with Gasteiger partial charge in [-0.2, -0.15) is 0 Å². The highest BCUT2D eigenvalue weighted by Gasteiger charge is 2.54. The summed E-state index contributed by atoms with van der Waals surface area (Å²) in [6.45, 7) is 1.99. The fourth-order valence-corrected chi connectivity index (χ4v) is 4.89. The van der Waals surface area contributed by atoms with Crippen molar-refractivity contribution in [3.8, 4) is 0 Å². The molecule has 5 nitrogen and oxygen atoms in total. The zero-order chi connectivity index (χ0) is 17.7. The number of carbonyl (C=O) groups excluding carboxylic acids is 1. The van der Waals surface area contributed by atoms with Crippen molar-refractivity contribution >= 4 is 5.91 Å². The third-order valence-corrected chi connectivity index (χ3v) is 6.16. The van der Waals surface area contributed by atoms with Crippen LogP contribution < -0.4 is 0 Å². The summed E-state index contributed by atoms with van der Waals surface area (Å²) in [5.74, 6) is -0.503. The highest BCUT2D eigenvalue weighted by Crippen LogP contribution is 2.43. The molecule has 4 rings (SSSR count). The van der Waals surface area contributed by atoms with Crippen LogP contribution in [0.2, 0.25) is 0 Å². The van der Waals surface area contributed by atoms with E-state index in [0.717, 1.165) is 0 Å². The second-order valence-electron chi connectivity index (χ2n) is 7.67. The number of hydrogen-bond acceptors (Lipinski definition) is 4. The minimum atomic E-state index is -0.861. The first-order chi connectivity index (χ1) is 12.0. The molecule has 0 saturated carbocycles. The summed E-state index contributed by atoms with van der Waals surface area (Å²) < 4.78 is 0. The van der Waals surface area contributed by atoms with Gasteiger partial charge in [-0.1, -0.05) is 48.6 Å². The van der Waals surface area contributed by atoms with E-state index in [0.29, 0.717) is 6.42 Å². The molecule has 0 unspecified atom stereocenters. The van der Waals surface area contributed by atoms with Crippen molar-refractivity contribution in [1.82, 2.24) is 4.90 Å². The molecule has 2 heterocycles. The molecule has 2 fully saturated rings. The van der Waals surface area contributed by atoms with Gasteiger partial charge in [-0.3, -0.25) is 4.79 Å². The highest BCUT2D eigenvalue weighted by atomic mass is 16.3. The second-order valence-corrected chi connectivity index (χ2v) is 7.67. The molecule has 9 atom stereocenters. The molecule has 25 heavy (non-hydrogen) atoms. The molecule has 0 aromatic rings. The van der Waals surface area contributed by atoms with Crippen molar-refractivity contribution < 1.29 is 20.1 Å². The first-order valence-electron chi connectivity index (χ1n) is 9.07. The van der Waals surface area contributed by atoms with E-state index in [-0.39, 0.29) is 41.7 Å². The Hall–Kier alpha value is -1.69. The van der Waals surface area contributed by atoms with Crippen molar-refractivity contribution in [1.29, 1.82) is 0 Å².